The summed E-state index contributed by atoms with van der Waals surface area (Å²) in [6, 6.07) is 1.95. The van der Waals surface area contributed by atoms with Crippen LogP contribution < -0.4 is 11.5 Å². The van der Waals surface area contributed by atoms with E-state index in [2.05, 4.69) is 4.98 Å². The summed E-state index contributed by atoms with van der Waals surface area (Å²) in [5, 5.41) is 0. The Morgan fingerprint density at radius 2 is 2.30 bits per heavy atom. The fourth-order valence-corrected chi connectivity index (χ4v) is 0.755. The number of aryl methyl sites for hydroxylation is 1. The monoisotopic (exact) mass is 137 g/mol. The fourth-order valence-electron chi connectivity index (χ4n) is 0.755. The summed E-state index contributed by atoms with van der Waals surface area (Å²) in [7, 11) is 0. The highest BCUT2D eigenvalue weighted by molar-refractivity contribution is 5.39. The lowest BCUT2D eigenvalue weighted by molar-refractivity contribution is 1.04. The van der Waals surface area contributed by atoms with E-state index in [1.165, 1.54) is 0 Å². The van der Waals surface area contributed by atoms with Crippen molar-refractivity contribution in [3.8, 4) is 0 Å². The molecule has 0 aliphatic carbocycles. The standard InChI is InChI=1S/C7H11N3/c1-5-2-6(3-8)4-10-7(5)9/h2,4H,3,8H2,1H3,(H2,9,10). The van der Waals surface area contributed by atoms with Crippen molar-refractivity contribution in [3.63, 3.8) is 0 Å². The number of hydrogen-bond donors (Lipinski definition) is 2. The fraction of sp³-hybridized carbons (Fsp3) is 0.286. The minimum atomic E-state index is 0.522. The summed E-state index contributed by atoms with van der Waals surface area (Å²) < 4.78 is 0. The molecule has 10 heavy (non-hydrogen) atoms. The van der Waals surface area contributed by atoms with Crippen LogP contribution in [0.15, 0.2) is 12.3 Å². The van der Waals surface area contributed by atoms with Crippen LogP contribution in [0.25, 0.3) is 0 Å². The molecule has 0 spiro atoms. The second-order valence-corrected chi connectivity index (χ2v) is 2.25. The molecule has 0 saturated heterocycles. The van der Waals surface area contributed by atoms with Gasteiger partial charge in [0.25, 0.3) is 0 Å². The molecule has 0 radical (unpaired) electrons. The Hall–Kier alpha value is -1.09. The smallest absolute Gasteiger partial charge is 0.126 e. The van der Waals surface area contributed by atoms with Crippen molar-refractivity contribution in [3.05, 3.63) is 23.4 Å². The average molecular weight is 137 g/mol. The highest BCUT2D eigenvalue weighted by Crippen LogP contribution is 2.07. The van der Waals surface area contributed by atoms with E-state index in [9.17, 15) is 0 Å². The molecule has 0 aliphatic rings. The van der Waals surface area contributed by atoms with Crippen LogP contribution in [0.1, 0.15) is 11.1 Å². The molecule has 0 fully saturated rings. The van der Waals surface area contributed by atoms with Gasteiger partial charge in [0.2, 0.25) is 0 Å². The Morgan fingerprint density at radius 3 is 2.80 bits per heavy atom. The van der Waals surface area contributed by atoms with Crippen molar-refractivity contribution in [2.24, 2.45) is 5.73 Å². The molecule has 1 rings (SSSR count). The van der Waals surface area contributed by atoms with E-state index < -0.39 is 0 Å². The first-order chi connectivity index (χ1) is 4.74. The Balaban J connectivity index is 3.04. The zero-order valence-electron chi connectivity index (χ0n) is 5.96. The molecule has 1 heterocycles. The average Bonchev–Trinajstić information content (AvgIpc) is 1.95. The SMILES string of the molecule is Cc1cc(CN)cnc1N. The Bertz CT molecular complexity index is 232. The van der Waals surface area contributed by atoms with E-state index in [0.717, 1.165) is 11.1 Å². The number of aromatic nitrogens is 1. The lowest BCUT2D eigenvalue weighted by atomic mass is 10.2. The topological polar surface area (TPSA) is 64.9 Å². The van der Waals surface area contributed by atoms with Gasteiger partial charge in [-0.2, -0.15) is 0 Å². The maximum atomic E-state index is 5.49. The summed E-state index contributed by atoms with van der Waals surface area (Å²) in [6.07, 6.45) is 1.70. The molecule has 0 amide bonds. The maximum Gasteiger partial charge on any atom is 0.126 e. The largest absolute Gasteiger partial charge is 0.383 e. The van der Waals surface area contributed by atoms with Gasteiger partial charge in [0, 0.05) is 12.7 Å². The van der Waals surface area contributed by atoms with Gasteiger partial charge in [0.1, 0.15) is 5.82 Å². The quantitative estimate of drug-likeness (QED) is 0.590. The summed E-state index contributed by atoms with van der Waals surface area (Å²) >= 11 is 0. The minimum absolute atomic E-state index is 0.522. The second kappa shape index (κ2) is 2.66. The number of pyridine rings is 1. The van der Waals surface area contributed by atoms with Crippen molar-refractivity contribution in [1.29, 1.82) is 0 Å². The van der Waals surface area contributed by atoms with Crippen LogP contribution in [0.3, 0.4) is 0 Å². The summed E-state index contributed by atoms with van der Waals surface area (Å²) in [4.78, 5) is 3.95. The van der Waals surface area contributed by atoms with Crippen molar-refractivity contribution in [1.82, 2.24) is 4.98 Å². The van der Waals surface area contributed by atoms with Gasteiger partial charge in [0.15, 0.2) is 0 Å². The van der Waals surface area contributed by atoms with Gasteiger partial charge in [-0.3, -0.25) is 0 Å². The number of hydrogen-bond acceptors (Lipinski definition) is 3. The van der Waals surface area contributed by atoms with Crippen molar-refractivity contribution in [2.45, 2.75) is 13.5 Å². The highest BCUT2D eigenvalue weighted by atomic mass is 14.8. The van der Waals surface area contributed by atoms with Crippen LogP contribution in [0.5, 0.6) is 0 Å². The third-order valence-electron chi connectivity index (χ3n) is 1.41. The summed E-state index contributed by atoms with van der Waals surface area (Å²) in [6.45, 7) is 2.44. The van der Waals surface area contributed by atoms with Gasteiger partial charge >= 0.3 is 0 Å². The van der Waals surface area contributed by atoms with E-state index in [0.29, 0.717) is 12.4 Å². The van der Waals surface area contributed by atoms with E-state index in [-0.39, 0.29) is 0 Å². The highest BCUT2D eigenvalue weighted by Gasteiger charge is 1.94. The van der Waals surface area contributed by atoms with Crippen LogP contribution in [0, 0.1) is 6.92 Å². The van der Waals surface area contributed by atoms with Crippen molar-refractivity contribution < 1.29 is 0 Å². The van der Waals surface area contributed by atoms with E-state index >= 15 is 0 Å². The Kier molecular flexibility index (Phi) is 1.87. The first-order valence-electron chi connectivity index (χ1n) is 3.15. The minimum Gasteiger partial charge on any atom is -0.383 e. The first-order valence-corrected chi connectivity index (χ1v) is 3.15. The molecule has 0 saturated carbocycles. The number of rotatable bonds is 1. The Morgan fingerprint density at radius 1 is 1.60 bits per heavy atom. The van der Waals surface area contributed by atoms with Crippen LogP contribution >= 0.6 is 0 Å². The van der Waals surface area contributed by atoms with E-state index in [1.807, 2.05) is 13.0 Å². The molecule has 54 valence electrons. The predicted molar refractivity (Wildman–Crippen MR) is 41.3 cm³/mol. The Labute approximate surface area is 60.1 Å². The third kappa shape index (κ3) is 1.25. The van der Waals surface area contributed by atoms with Crippen LogP contribution in [-0.4, -0.2) is 4.98 Å². The van der Waals surface area contributed by atoms with E-state index in [4.69, 9.17) is 11.5 Å². The number of nitrogens with zero attached hydrogens (tertiary/aromatic N) is 1. The molecular formula is C7H11N3. The van der Waals surface area contributed by atoms with E-state index in [1.54, 1.807) is 6.20 Å². The van der Waals surface area contributed by atoms with Gasteiger partial charge < -0.3 is 11.5 Å². The molecule has 0 bridgehead atoms. The molecule has 1 aromatic rings. The van der Waals surface area contributed by atoms with Gasteiger partial charge in [-0.1, -0.05) is 0 Å². The van der Waals surface area contributed by atoms with Crippen LogP contribution in [-0.2, 0) is 6.54 Å². The molecule has 0 unspecified atom stereocenters. The molecule has 1 aromatic heterocycles. The number of nitrogens with two attached hydrogens (primary N) is 2. The van der Waals surface area contributed by atoms with Gasteiger partial charge in [-0.05, 0) is 24.1 Å². The molecule has 0 aliphatic heterocycles. The van der Waals surface area contributed by atoms with Crippen LogP contribution in [0.4, 0.5) is 5.82 Å². The summed E-state index contributed by atoms with van der Waals surface area (Å²) in [5.41, 5.74) is 12.9. The third-order valence-corrected chi connectivity index (χ3v) is 1.41. The lowest BCUT2D eigenvalue weighted by Gasteiger charge is -1.99. The molecule has 3 heteroatoms. The zero-order chi connectivity index (χ0) is 7.56. The maximum absolute atomic E-state index is 5.49. The molecule has 3 nitrogen and oxygen atoms in total. The summed E-state index contributed by atoms with van der Waals surface area (Å²) in [5.74, 6) is 0.581. The van der Waals surface area contributed by atoms with Crippen molar-refractivity contribution >= 4 is 5.82 Å². The van der Waals surface area contributed by atoms with Gasteiger partial charge in [-0.15, -0.1) is 0 Å². The van der Waals surface area contributed by atoms with Crippen molar-refractivity contribution in [2.75, 3.05) is 5.73 Å². The zero-order valence-corrected chi connectivity index (χ0v) is 5.96. The first kappa shape index (κ1) is 7.02. The van der Waals surface area contributed by atoms with Gasteiger partial charge in [-0.25, -0.2) is 4.98 Å². The normalized spacial score (nSPS) is 9.80. The second-order valence-electron chi connectivity index (χ2n) is 2.25. The van der Waals surface area contributed by atoms with Gasteiger partial charge in [0.05, 0.1) is 0 Å². The molecular weight excluding hydrogens is 126 g/mol. The predicted octanol–water partition coefficient (Wildman–Crippen LogP) is 0.431. The number of anilines is 1. The lowest BCUT2D eigenvalue weighted by Crippen LogP contribution is -2.00. The number of nitrogen functional groups attached to an aromatic ring is 1. The molecule has 4 N–H and O–H groups in total. The van der Waals surface area contributed by atoms with Crippen LogP contribution in [0.2, 0.25) is 0 Å². The molecule has 0 aromatic carbocycles. The molecule has 0 atom stereocenters.